The number of nitrogens with zero attached hydrogens (tertiary/aromatic N) is 1. The molecule has 5 nitrogen and oxygen atoms in total. The molecule has 0 saturated heterocycles. The molecule has 0 aliphatic heterocycles. The van der Waals surface area contributed by atoms with Crippen LogP contribution in [-0.2, 0) is 13.2 Å². The number of nitrogens with one attached hydrogen (secondary N) is 1. The van der Waals surface area contributed by atoms with Crippen molar-refractivity contribution in [2.24, 2.45) is 5.10 Å². The van der Waals surface area contributed by atoms with Crippen molar-refractivity contribution in [1.82, 2.24) is 5.43 Å². The molecule has 0 radical (unpaired) electrons. The Morgan fingerprint density at radius 1 is 0.882 bits per heavy atom. The van der Waals surface area contributed by atoms with Crippen molar-refractivity contribution in [3.05, 3.63) is 101 Å². The molecule has 34 heavy (non-hydrogen) atoms. The van der Waals surface area contributed by atoms with Crippen molar-refractivity contribution in [2.45, 2.75) is 20.1 Å². The van der Waals surface area contributed by atoms with Crippen LogP contribution in [0.5, 0.6) is 17.2 Å². The molecule has 174 valence electrons. The first kappa shape index (κ1) is 23.5. The number of ether oxygens (including phenoxy) is 3. The Kier molecular flexibility index (Phi) is 7.89. The van der Waals surface area contributed by atoms with Crippen LogP contribution in [0.4, 0.5) is 0 Å². The number of fused-ring (bicyclic) bond motifs is 1. The van der Waals surface area contributed by atoms with Crippen molar-refractivity contribution in [2.75, 3.05) is 13.7 Å². The zero-order valence-electron chi connectivity index (χ0n) is 19.3. The SMILES string of the molecule is CCOc1cc(/C=N/NCc2ccccc2OC)cc(Cl)c1OCc1cccc2ccccc12. The van der Waals surface area contributed by atoms with Crippen molar-refractivity contribution in [3.8, 4) is 17.2 Å². The molecule has 0 aliphatic rings. The number of methoxy groups -OCH3 is 1. The molecule has 0 aromatic heterocycles. The van der Waals surface area contributed by atoms with Crippen LogP contribution in [0.2, 0.25) is 5.02 Å². The highest BCUT2D eigenvalue weighted by Crippen LogP contribution is 2.37. The molecular weight excluding hydrogens is 448 g/mol. The van der Waals surface area contributed by atoms with Crippen LogP contribution < -0.4 is 19.6 Å². The number of hydrogen-bond donors (Lipinski definition) is 1. The van der Waals surface area contributed by atoms with Crippen LogP contribution in [0.3, 0.4) is 0 Å². The van der Waals surface area contributed by atoms with Gasteiger partial charge in [-0.15, -0.1) is 0 Å². The summed E-state index contributed by atoms with van der Waals surface area (Å²) in [7, 11) is 1.66. The molecule has 4 aromatic carbocycles. The van der Waals surface area contributed by atoms with Gasteiger partial charge in [0.25, 0.3) is 0 Å². The molecule has 0 heterocycles. The molecule has 6 heteroatoms. The van der Waals surface area contributed by atoms with Gasteiger partial charge in [-0.25, -0.2) is 0 Å². The summed E-state index contributed by atoms with van der Waals surface area (Å²) in [6, 6.07) is 25.9. The predicted molar refractivity (Wildman–Crippen MR) is 138 cm³/mol. The second-order valence-electron chi connectivity index (χ2n) is 7.59. The van der Waals surface area contributed by atoms with E-state index < -0.39 is 0 Å². The summed E-state index contributed by atoms with van der Waals surface area (Å²) in [5.74, 6) is 1.93. The van der Waals surface area contributed by atoms with Crippen LogP contribution in [-0.4, -0.2) is 19.9 Å². The van der Waals surface area contributed by atoms with Crippen LogP contribution in [0.25, 0.3) is 10.8 Å². The Labute approximate surface area is 204 Å². The topological polar surface area (TPSA) is 52.1 Å². The lowest BCUT2D eigenvalue weighted by molar-refractivity contribution is 0.270. The summed E-state index contributed by atoms with van der Waals surface area (Å²) in [5.41, 5.74) is 5.96. The van der Waals surface area contributed by atoms with Crippen LogP contribution in [0.1, 0.15) is 23.6 Å². The molecule has 4 rings (SSSR count). The van der Waals surface area contributed by atoms with Gasteiger partial charge in [0.05, 0.1) is 31.5 Å². The zero-order chi connectivity index (χ0) is 23.8. The normalized spacial score (nSPS) is 11.0. The third-order valence-corrected chi connectivity index (χ3v) is 5.63. The lowest BCUT2D eigenvalue weighted by atomic mass is 10.1. The minimum Gasteiger partial charge on any atom is -0.496 e. The largest absolute Gasteiger partial charge is 0.496 e. The van der Waals surface area contributed by atoms with E-state index in [9.17, 15) is 0 Å². The molecule has 0 saturated carbocycles. The molecule has 0 amide bonds. The summed E-state index contributed by atoms with van der Waals surface area (Å²) < 4.78 is 17.4. The van der Waals surface area contributed by atoms with Crippen molar-refractivity contribution in [3.63, 3.8) is 0 Å². The van der Waals surface area contributed by atoms with Gasteiger partial charge in [0.1, 0.15) is 12.4 Å². The monoisotopic (exact) mass is 474 g/mol. The fraction of sp³-hybridized carbons (Fsp3) is 0.179. The Bertz CT molecular complexity index is 1280. The summed E-state index contributed by atoms with van der Waals surface area (Å²) in [6.07, 6.45) is 1.71. The second kappa shape index (κ2) is 11.4. The van der Waals surface area contributed by atoms with Gasteiger partial charge < -0.3 is 19.6 Å². The quantitative estimate of drug-likeness (QED) is 0.208. The van der Waals surface area contributed by atoms with Gasteiger partial charge in [0.2, 0.25) is 0 Å². The molecule has 0 fully saturated rings. The lowest BCUT2D eigenvalue weighted by Crippen LogP contribution is -2.07. The molecule has 4 aromatic rings. The standard InChI is InChI=1S/C28H27ClN2O3/c1-3-33-27-16-20(17-30-31-18-22-10-5-7-14-26(22)32-2)15-25(29)28(27)34-19-23-12-8-11-21-9-4-6-13-24(21)23/h4-17,31H,3,18-19H2,1-2H3/b30-17+. The fourth-order valence-corrected chi connectivity index (χ4v) is 4.01. The molecule has 0 atom stereocenters. The molecular formula is C28H27ClN2O3. The number of benzene rings is 4. The average molecular weight is 475 g/mol. The van der Waals surface area contributed by atoms with Gasteiger partial charge in [-0.05, 0) is 47.0 Å². The van der Waals surface area contributed by atoms with E-state index in [1.807, 2.05) is 61.5 Å². The van der Waals surface area contributed by atoms with Crippen LogP contribution in [0, 0.1) is 0 Å². The minimum absolute atomic E-state index is 0.384. The van der Waals surface area contributed by atoms with Crippen molar-refractivity contribution < 1.29 is 14.2 Å². The van der Waals surface area contributed by atoms with Gasteiger partial charge in [0.15, 0.2) is 11.5 Å². The highest BCUT2D eigenvalue weighted by Gasteiger charge is 2.13. The lowest BCUT2D eigenvalue weighted by Gasteiger charge is -2.15. The number of rotatable bonds is 10. The highest BCUT2D eigenvalue weighted by molar-refractivity contribution is 6.32. The summed E-state index contributed by atoms with van der Waals surface area (Å²) in [5, 5.41) is 7.13. The van der Waals surface area contributed by atoms with Crippen LogP contribution >= 0.6 is 11.6 Å². The van der Waals surface area contributed by atoms with E-state index >= 15 is 0 Å². The highest BCUT2D eigenvalue weighted by atomic mass is 35.5. The first-order chi connectivity index (χ1) is 16.7. The van der Waals surface area contributed by atoms with Crippen LogP contribution in [0.15, 0.2) is 84.0 Å². The van der Waals surface area contributed by atoms with Gasteiger partial charge in [-0.2, -0.15) is 5.10 Å². The van der Waals surface area contributed by atoms with E-state index in [4.69, 9.17) is 25.8 Å². The maximum absolute atomic E-state index is 6.60. The molecule has 0 spiro atoms. The first-order valence-electron chi connectivity index (χ1n) is 11.1. The Morgan fingerprint density at radius 2 is 1.65 bits per heavy atom. The summed E-state index contributed by atoms with van der Waals surface area (Å²) in [4.78, 5) is 0. The Balaban J connectivity index is 1.48. The molecule has 0 bridgehead atoms. The molecule has 0 unspecified atom stereocenters. The molecule has 0 aliphatic carbocycles. The number of hydrogen-bond acceptors (Lipinski definition) is 5. The predicted octanol–water partition coefficient (Wildman–Crippen LogP) is 6.60. The third kappa shape index (κ3) is 5.61. The maximum atomic E-state index is 6.60. The van der Waals surface area contributed by atoms with Gasteiger partial charge in [0, 0.05) is 5.56 Å². The Morgan fingerprint density at radius 3 is 2.50 bits per heavy atom. The zero-order valence-corrected chi connectivity index (χ0v) is 20.0. The Hall–Kier alpha value is -3.70. The van der Waals surface area contributed by atoms with Crippen molar-refractivity contribution in [1.29, 1.82) is 0 Å². The van der Waals surface area contributed by atoms with Crippen molar-refractivity contribution >= 4 is 28.6 Å². The van der Waals surface area contributed by atoms with E-state index in [2.05, 4.69) is 34.8 Å². The van der Waals surface area contributed by atoms with E-state index in [0.717, 1.165) is 27.8 Å². The van der Waals surface area contributed by atoms with Gasteiger partial charge in [-0.1, -0.05) is 72.3 Å². The summed E-state index contributed by atoms with van der Waals surface area (Å²) in [6.45, 7) is 3.35. The van der Waals surface area contributed by atoms with E-state index in [1.54, 1.807) is 13.3 Å². The number of halogens is 1. The third-order valence-electron chi connectivity index (χ3n) is 5.35. The first-order valence-corrected chi connectivity index (χ1v) is 11.5. The van der Waals surface area contributed by atoms with Gasteiger partial charge >= 0.3 is 0 Å². The smallest absolute Gasteiger partial charge is 0.180 e. The average Bonchev–Trinajstić information content (AvgIpc) is 2.86. The maximum Gasteiger partial charge on any atom is 0.180 e. The fourth-order valence-electron chi connectivity index (χ4n) is 3.73. The minimum atomic E-state index is 0.384. The van der Waals surface area contributed by atoms with E-state index in [1.165, 1.54) is 5.39 Å². The number of hydrazone groups is 1. The van der Waals surface area contributed by atoms with E-state index in [0.29, 0.717) is 36.3 Å². The van der Waals surface area contributed by atoms with Gasteiger partial charge in [-0.3, -0.25) is 0 Å². The molecule has 1 N–H and O–H groups in total. The van der Waals surface area contributed by atoms with E-state index in [-0.39, 0.29) is 0 Å². The summed E-state index contributed by atoms with van der Waals surface area (Å²) >= 11 is 6.60. The number of para-hydroxylation sites is 1. The second-order valence-corrected chi connectivity index (χ2v) is 8.00.